The lowest BCUT2D eigenvalue weighted by molar-refractivity contribution is 0.628. The first kappa shape index (κ1) is 19.6. The molecule has 5 aromatic rings. The largest absolute Gasteiger partial charge is 0.352 e. The van der Waals surface area contributed by atoms with Crippen LogP contribution in [0, 0.1) is 5.82 Å². The predicted octanol–water partition coefficient (Wildman–Crippen LogP) is 6.45. The van der Waals surface area contributed by atoms with Gasteiger partial charge in [0.1, 0.15) is 17.0 Å². The Morgan fingerprint density at radius 2 is 2.00 bits per heavy atom. The van der Waals surface area contributed by atoms with Crippen molar-refractivity contribution in [3.8, 4) is 22.5 Å². The van der Waals surface area contributed by atoms with Crippen LogP contribution < -0.4 is 0 Å². The molecule has 5 rings (SSSR count). The molecule has 4 heterocycles. The summed E-state index contributed by atoms with van der Waals surface area (Å²) in [4.78, 5) is 12.6. The van der Waals surface area contributed by atoms with Crippen LogP contribution in [0.5, 0.6) is 0 Å². The highest BCUT2D eigenvalue weighted by Crippen LogP contribution is 2.33. The van der Waals surface area contributed by atoms with Gasteiger partial charge in [-0.15, -0.1) is 0 Å². The van der Waals surface area contributed by atoms with Crippen molar-refractivity contribution in [1.29, 1.82) is 0 Å². The number of aromatic nitrogens is 5. The number of benzene rings is 1. The summed E-state index contributed by atoms with van der Waals surface area (Å²) in [6, 6.07) is 12.5. The summed E-state index contributed by atoms with van der Waals surface area (Å²) in [6.45, 7) is 5.71. The van der Waals surface area contributed by atoms with Crippen LogP contribution in [0.4, 0.5) is 4.39 Å². The number of hydrogen-bond donors (Lipinski definition) is 2. The van der Waals surface area contributed by atoms with E-state index in [0.29, 0.717) is 5.69 Å². The van der Waals surface area contributed by atoms with E-state index in [2.05, 4.69) is 26.7 Å². The van der Waals surface area contributed by atoms with E-state index < -0.39 is 0 Å². The number of nitrogens with zero attached hydrogens (tertiary/aromatic N) is 3. The van der Waals surface area contributed by atoms with Crippen molar-refractivity contribution in [3.63, 3.8) is 0 Å². The molecule has 0 atom stereocenters. The summed E-state index contributed by atoms with van der Waals surface area (Å²) >= 11 is 0. The molecule has 0 spiro atoms. The third-order valence-corrected chi connectivity index (χ3v) is 5.36. The van der Waals surface area contributed by atoms with Crippen molar-refractivity contribution < 1.29 is 4.39 Å². The second-order valence-electron chi connectivity index (χ2n) is 7.35. The highest BCUT2D eigenvalue weighted by Gasteiger charge is 2.16. The molecule has 1 aromatic carbocycles. The van der Waals surface area contributed by atoms with Gasteiger partial charge < -0.3 is 4.98 Å². The van der Waals surface area contributed by atoms with Gasteiger partial charge in [-0.25, -0.2) is 9.37 Å². The Balaban J connectivity index is 1.65. The summed E-state index contributed by atoms with van der Waals surface area (Å²) in [5.74, 6) is -0.282. The Morgan fingerprint density at radius 1 is 1.09 bits per heavy atom. The number of H-pyrrole nitrogens is 2. The van der Waals surface area contributed by atoms with Crippen LogP contribution in [0.15, 0.2) is 85.7 Å². The Bertz CT molecular complexity index is 1520. The van der Waals surface area contributed by atoms with Crippen LogP contribution in [-0.4, -0.2) is 25.1 Å². The van der Waals surface area contributed by atoms with Gasteiger partial charge in [-0.3, -0.25) is 10.1 Å². The van der Waals surface area contributed by atoms with Gasteiger partial charge in [-0.1, -0.05) is 43.0 Å². The molecular formula is C26H20FN5. The standard InChI is InChI=1S/C26H20FN5/c1-3-5-7-16(4-2)21-10-11-22-25(30-21)26(32-31-22)23-13-19-20(14-28-15-24(19)29-23)17-8-6-9-18(27)12-17/h3-15,29H,1H2,2H3,(H,31,32)/b7-5-,16-4+. The normalized spacial score (nSPS) is 12.2. The van der Waals surface area contributed by atoms with Crippen molar-refractivity contribution in [2.24, 2.45) is 0 Å². The predicted molar refractivity (Wildman–Crippen MR) is 127 cm³/mol. The second-order valence-corrected chi connectivity index (χ2v) is 7.35. The van der Waals surface area contributed by atoms with E-state index in [1.165, 1.54) is 12.1 Å². The van der Waals surface area contributed by atoms with Gasteiger partial charge in [0, 0.05) is 17.1 Å². The number of halogens is 1. The number of rotatable bonds is 5. The molecule has 0 fully saturated rings. The van der Waals surface area contributed by atoms with Crippen LogP contribution in [-0.2, 0) is 0 Å². The van der Waals surface area contributed by atoms with Crippen molar-refractivity contribution in [1.82, 2.24) is 25.1 Å². The summed E-state index contributed by atoms with van der Waals surface area (Å²) in [7, 11) is 0. The van der Waals surface area contributed by atoms with Gasteiger partial charge >= 0.3 is 0 Å². The van der Waals surface area contributed by atoms with Crippen molar-refractivity contribution in [2.75, 3.05) is 0 Å². The van der Waals surface area contributed by atoms with E-state index in [1.54, 1.807) is 24.5 Å². The van der Waals surface area contributed by atoms with E-state index in [1.807, 2.05) is 49.4 Å². The van der Waals surface area contributed by atoms with Crippen molar-refractivity contribution in [2.45, 2.75) is 6.92 Å². The summed E-state index contributed by atoms with van der Waals surface area (Å²) in [6.07, 6.45) is 11.1. The van der Waals surface area contributed by atoms with Gasteiger partial charge in [-0.05, 0) is 48.4 Å². The van der Waals surface area contributed by atoms with Crippen LogP contribution in [0.2, 0.25) is 0 Å². The zero-order chi connectivity index (χ0) is 22.1. The van der Waals surface area contributed by atoms with E-state index in [9.17, 15) is 4.39 Å². The van der Waals surface area contributed by atoms with E-state index >= 15 is 0 Å². The number of hydrogen-bond acceptors (Lipinski definition) is 3. The molecule has 0 aliphatic heterocycles. The third kappa shape index (κ3) is 3.41. The fourth-order valence-corrected chi connectivity index (χ4v) is 3.81. The molecule has 2 N–H and O–H groups in total. The van der Waals surface area contributed by atoms with Crippen LogP contribution >= 0.6 is 0 Å². The molecule has 0 radical (unpaired) electrons. The van der Waals surface area contributed by atoms with Gasteiger partial charge in [-0.2, -0.15) is 5.10 Å². The van der Waals surface area contributed by atoms with Crippen molar-refractivity contribution in [3.05, 3.63) is 97.3 Å². The fraction of sp³-hybridized carbons (Fsp3) is 0.0385. The molecule has 156 valence electrons. The summed E-state index contributed by atoms with van der Waals surface area (Å²) in [5, 5.41) is 8.51. The van der Waals surface area contributed by atoms with Crippen LogP contribution in [0.1, 0.15) is 12.6 Å². The lowest BCUT2D eigenvalue weighted by Gasteiger charge is -2.02. The molecule has 0 aliphatic rings. The molecule has 0 amide bonds. The minimum Gasteiger partial charge on any atom is -0.352 e. The Morgan fingerprint density at radius 3 is 2.81 bits per heavy atom. The lowest BCUT2D eigenvalue weighted by atomic mass is 10.0. The highest BCUT2D eigenvalue weighted by atomic mass is 19.1. The maximum atomic E-state index is 13.8. The number of pyridine rings is 2. The minimum absolute atomic E-state index is 0.282. The van der Waals surface area contributed by atoms with E-state index in [-0.39, 0.29) is 5.82 Å². The van der Waals surface area contributed by atoms with Gasteiger partial charge in [0.2, 0.25) is 0 Å². The smallest absolute Gasteiger partial charge is 0.135 e. The second kappa shape index (κ2) is 8.07. The number of nitrogens with one attached hydrogen (secondary N) is 2. The molecule has 0 aliphatic carbocycles. The minimum atomic E-state index is -0.282. The summed E-state index contributed by atoms with van der Waals surface area (Å²) in [5.41, 5.74) is 7.44. The maximum Gasteiger partial charge on any atom is 0.135 e. The molecule has 5 nitrogen and oxygen atoms in total. The quantitative estimate of drug-likeness (QED) is 0.320. The number of aromatic amines is 2. The highest BCUT2D eigenvalue weighted by molar-refractivity contribution is 6.00. The first-order chi connectivity index (χ1) is 15.7. The molecule has 6 heteroatoms. The topological polar surface area (TPSA) is 70.2 Å². The van der Waals surface area contributed by atoms with Gasteiger partial charge in [0.15, 0.2) is 0 Å². The maximum absolute atomic E-state index is 13.8. The summed E-state index contributed by atoms with van der Waals surface area (Å²) < 4.78 is 13.8. The Labute approximate surface area is 184 Å². The Hall–Kier alpha value is -4.32. The SMILES string of the molecule is C=C/C=C\C(=C/C)c1ccc2[nH]nc(-c3cc4c(-c5cccc(F)c5)cncc4[nH]3)c2n1. The molecule has 32 heavy (non-hydrogen) atoms. The average molecular weight is 421 g/mol. The van der Waals surface area contributed by atoms with Gasteiger partial charge in [0.05, 0.1) is 28.6 Å². The lowest BCUT2D eigenvalue weighted by Crippen LogP contribution is -1.88. The number of fused-ring (bicyclic) bond motifs is 2. The third-order valence-electron chi connectivity index (χ3n) is 5.36. The first-order valence-electron chi connectivity index (χ1n) is 10.2. The van der Waals surface area contributed by atoms with E-state index in [0.717, 1.165) is 50.0 Å². The molecule has 0 unspecified atom stereocenters. The molecule has 0 bridgehead atoms. The van der Waals surface area contributed by atoms with Crippen molar-refractivity contribution >= 4 is 27.5 Å². The molecule has 4 aromatic heterocycles. The molecular weight excluding hydrogens is 401 g/mol. The number of allylic oxidation sites excluding steroid dienone is 5. The van der Waals surface area contributed by atoms with E-state index in [4.69, 9.17) is 4.98 Å². The van der Waals surface area contributed by atoms with Crippen LogP contribution in [0.25, 0.3) is 50.0 Å². The average Bonchev–Trinajstić information content (AvgIpc) is 3.43. The Kier molecular flexibility index (Phi) is 4.95. The monoisotopic (exact) mass is 421 g/mol. The molecule has 0 saturated carbocycles. The van der Waals surface area contributed by atoms with Gasteiger partial charge in [0.25, 0.3) is 0 Å². The zero-order valence-corrected chi connectivity index (χ0v) is 17.4. The molecule has 0 saturated heterocycles. The zero-order valence-electron chi connectivity index (χ0n) is 17.4. The first-order valence-corrected chi connectivity index (χ1v) is 10.2. The van der Waals surface area contributed by atoms with Crippen LogP contribution in [0.3, 0.4) is 0 Å². The fourth-order valence-electron chi connectivity index (χ4n) is 3.81.